The van der Waals surface area contributed by atoms with Gasteiger partial charge in [0.15, 0.2) is 0 Å². The van der Waals surface area contributed by atoms with Gasteiger partial charge in [0, 0.05) is 30.0 Å². The van der Waals surface area contributed by atoms with Gasteiger partial charge in [-0.15, -0.1) is 0 Å². The van der Waals surface area contributed by atoms with E-state index in [1.807, 2.05) is 51.1 Å². The van der Waals surface area contributed by atoms with Crippen LogP contribution in [0.1, 0.15) is 47.6 Å². The summed E-state index contributed by atoms with van der Waals surface area (Å²) in [4.78, 5) is 28.1. The van der Waals surface area contributed by atoms with Crippen LogP contribution in [0, 0.1) is 6.92 Å². The number of nitrogens with one attached hydrogen (secondary N) is 1. The Morgan fingerprint density at radius 1 is 1.12 bits per heavy atom. The van der Waals surface area contributed by atoms with E-state index in [0.29, 0.717) is 35.8 Å². The van der Waals surface area contributed by atoms with Crippen molar-refractivity contribution < 1.29 is 23.8 Å². The number of hydrogen-bond acceptors (Lipinski definition) is 5. The summed E-state index contributed by atoms with van der Waals surface area (Å²) in [5, 5.41) is 11.8. The normalized spacial score (nSPS) is 10.9. The number of carboxylic acids is 1. The molecule has 0 bridgehead atoms. The molecule has 0 aliphatic heterocycles. The third-order valence-corrected chi connectivity index (χ3v) is 4.87. The van der Waals surface area contributed by atoms with Crippen LogP contribution >= 0.6 is 0 Å². The number of aryl methyl sites for hydroxylation is 2. The summed E-state index contributed by atoms with van der Waals surface area (Å²) in [6, 6.07) is 14.8. The molecule has 7 heteroatoms. The van der Waals surface area contributed by atoms with Crippen LogP contribution in [0.5, 0.6) is 5.75 Å². The number of carbonyl (C=O) groups is 2. The van der Waals surface area contributed by atoms with Gasteiger partial charge in [0.2, 0.25) is 5.89 Å². The summed E-state index contributed by atoms with van der Waals surface area (Å²) in [6.45, 7) is 5.99. The van der Waals surface area contributed by atoms with Crippen LogP contribution < -0.4 is 10.1 Å². The number of oxazole rings is 1. The molecule has 0 saturated carbocycles. The number of ether oxygens (including phenoxy) is 1. The molecule has 1 heterocycles. The molecule has 0 saturated heterocycles. The molecular formula is C25H28N2O5. The standard InChI is InChI=1S/C25H28N2O5/c1-16(2)26-24(30)21-15-20(11-9-18(21)10-12-23(28)29)31-14-13-22-17(3)32-25(27-22)19-7-5-4-6-8-19/h4-9,11,15-16H,10,12-14H2,1-3H3,(H,26,30)(H,28,29). The Kier molecular flexibility index (Phi) is 7.65. The monoisotopic (exact) mass is 436 g/mol. The Morgan fingerprint density at radius 2 is 1.88 bits per heavy atom. The van der Waals surface area contributed by atoms with Crippen molar-refractivity contribution in [2.24, 2.45) is 0 Å². The average molecular weight is 437 g/mol. The van der Waals surface area contributed by atoms with Gasteiger partial charge >= 0.3 is 5.97 Å². The highest BCUT2D eigenvalue weighted by Gasteiger charge is 2.16. The second-order valence-electron chi connectivity index (χ2n) is 7.83. The van der Waals surface area contributed by atoms with Gasteiger partial charge < -0.3 is 19.6 Å². The Balaban J connectivity index is 1.69. The number of aromatic nitrogens is 1. The van der Waals surface area contributed by atoms with Crippen LogP contribution in [0.15, 0.2) is 52.9 Å². The number of aliphatic carboxylic acids is 1. The molecule has 2 aromatic carbocycles. The van der Waals surface area contributed by atoms with Crippen molar-refractivity contribution in [3.05, 3.63) is 71.1 Å². The highest BCUT2D eigenvalue weighted by molar-refractivity contribution is 5.96. The van der Waals surface area contributed by atoms with Crippen molar-refractivity contribution in [3.8, 4) is 17.2 Å². The average Bonchev–Trinajstić information content (AvgIpc) is 3.13. The fourth-order valence-electron chi connectivity index (χ4n) is 3.29. The van der Waals surface area contributed by atoms with E-state index in [9.17, 15) is 9.59 Å². The molecule has 0 unspecified atom stereocenters. The van der Waals surface area contributed by atoms with Gasteiger partial charge in [0.05, 0.1) is 12.3 Å². The Morgan fingerprint density at radius 3 is 2.56 bits per heavy atom. The Labute approximate surface area is 187 Å². The highest BCUT2D eigenvalue weighted by atomic mass is 16.5. The van der Waals surface area contributed by atoms with Crippen LogP contribution in [0.3, 0.4) is 0 Å². The zero-order valence-corrected chi connectivity index (χ0v) is 18.6. The van der Waals surface area contributed by atoms with Gasteiger partial charge in [0.25, 0.3) is 5.91 Å². The first-order valence-electron chi connectivity index (χ1n) is 10.6. The van der Waals surface area contributed by atoms with Gasteiger partial charge in [0.1, 0.15) is 11.5 Å². The number of hydrogen-bond donors (Lipinski definition) is 2. The van der Waals surface area contributed by atoms with Crippen molar-refractivity contribution in [2.75, 3.05) is 6.61 Å². The van der Waals surface area contributed by atoms with E-state index in [0.717, 1.165) is 17.0 Å². The van der Waals surface area contributed by atoms with Crippen molar-refractivity contribution in [1.82, 2.24) is 10.3 Å². The predicted octanol–water partition coefficient (Wildman–Crippen LogP) is 4.43. The molecule has 32 heavy (non-hydrogen) atoms. The molecular weight excluding hydrogens is 408 g/mol. The van der Waals surface area contributed by atoms with Gasteiger partial charge in [-0.05, 0) is 57.0 Å². The quantitative estimate of drug-likeness (QED) is 0.488. The molecule has 0 aliphatic rings. The lowest BCUT2D eigenvalue weighted by Crippen LogP contribution is -2.31. The first kappa shape index (κ1) is 23.1. The SMILES string of the molecule is Cc1oc(-c2ccccc2)nc1CCOc1ccc(CCC(=O)O)c(C(=O)NC(C)C)c1. The lowest BCUT2D eigenvalue weighted by Gasteiger charge is -2.14. The molecule has 0 spiro atoms. The third-order valence-electron chi connectivity index (χ3n) is 4.87. The molecule has 2 N–H and O–H groups in total. The summed E-state index contributed by atoms with van der Waals surface area (Å²) < 4.78 is 11.7. The minimum atomic E-state index is -0.904. The molecule has 0 fully saturated rings. The number of benzene rings is 2. The fraction of sp³-hybridized carbons (Fsp3) is 0.320. The molecule has 0 atom stereocenters. The van der Waals surface area contributed by atoms with Crippen LogP contribution in [0.4, 0.5) is 0 Å². The molecule has 1 amide bonds. The van der Waals surface area contributed by atoms with Crippen LogP contribution in [0.2, 0.25) is 0 Å². The molecule has 0 radical (unpaired) electrons. The molecule has 3 aromatic rings. The van der Waals surface area contributed by atoms with Gasteiger partial charge in [-0.3, -0.25) is 9.59 Å². The van der Waals surface area contributed by atoms with E-state index in [-0.39, 0.29) is 24.8 Å². The zero-order valence-electron chi connectivity index (χ0n) is 18.6. The van der Waals surface area contributed by atoms with E-state index in [4.69, 9.17) is 14.3 Å². The van der Waals surface area contributed by atoms with Crippen LogP contribution in [-0.2, 0) is 17.6 Å². The molecule has 3 rings (SSSR count). The summed E-state index contributed by atoms with van der Waals surface area (Å²) >= 11 is 0. The van der Waals surface area contributed by atoms with E-state index < -0.39 is 5.97 Å². The largest absolute Gasteiger partial charge is 0.493 e. The summed E-state index contributed by atoms with van der Waals surface area (Å²) in [5.74, 6) is 0.716. The van der Waals surface area contributed by atoms with E-state index in [1.165, 1.54) is 0 Å². The maximum atomic E-state index is 12.6. The second-order valence-corrected chi connectivity index (χ2v) is 7.83. The lowest BCUT2D eigenvalue weighted by molar-refractivity contribution is -0.136. The number of rotatable bonds is 10. The predicted molar refractivity (Wildman–Crippen MR) is 121 cm³/mol. The van der Waals surface area contributed by atoms with Crippen molar-refractivity contribution in [1.29, 1.82) is 0 Å². The fourth-order valence-corrected chi connectivity index (χ4v) is 3.29. The summed E-state index contributed by atoms with van der Waals surface area (Å²) in [5.41, 5.74) is 2.85. The van der Waals surface area contributed by atoms with E-state index in [1.54, 1.807) is 18.2 Å². The van der Waals surface area contributed by atoms with Gasteiger partial charge in [-0.25, -0.2) is 4.98 Å². The second kappa shape index (κ2) is 10.6. The van der Waals surface area contributed by atoms with Crippen molar-refractivity contribution in [3.63, 3.8) is 0 Å². The summed E-state index contributed by atoms with van der Waals surface area (Å²) in [7, 11) is 0. The highest BCUT2D eigenvalue weighted by Crippen LogP contribution is 2.23. The topological polar surface area (TPSA) is 102 Å². The van der Waals surface area contributed by atoms with Crippen LogP contribution in [0.25, 0.3) is 11.5 Å². The van der Waals surface area contributed by atoms with E-state index in [2.05, 4.69) is 10.3 Å². The van der Waals surface area contributed by atoms with Crippen molar-refractivity contribution >= 4 is 11.9 Å². The first-order chi connectivity index (χ1) is 15.3. The van der Waals surface area contributed by atoms with Gasteiger partial charge in [-0.1, -0.05) is 24.3 Å². The summed E-state index contributed by atoms with van der Waals surface area (Å²) in [6.07, 6.45) is 0.782. The number of carbonyl (C=O) groups excluding carboxylic acids is 1. The Bertz CT molecular complexity index is 1070. The number of amides is 1. The molecule has 0 aliphatic carbocycles. The molecule has 7 nitrogen and oxygen atoms in total. The number of carboxylic acid groups (broad SMARTS) is 1. The van der Waals surface area contributed by atoms with E-state index >= 15 is 0 Å². The minimum Gasteiger partial charge on any atom is -0.493 e. The third kappa shape index (κ3) is 6.20. The zero-order chi connectivity index (χ0) is 23.1. The van der Waals surface area contributed by atoms with Crippen molar-refractivity contribution in [2.45, 2.75) is 46.1 Å². The minimum absolute atomic E-state index is 0.0339. The smallest absolute Gasteiger partial charge is 0.303 e. The molecule has 1 aromatic heterocycles. The maximum absolute atomic E-state index is 12.6. The van der Waals surface area contributed by atoms with Gasteiger partial charge in [-0.2, -0.15) is 0 Å². The first-order valence-corrected chi connectivity index (χ1v) is 10.6. The maximum Gasteiger partial charge on any atom is 0.303 e. The number of nitrogens with zero attached hydrogens (tertiary/aromatic N) is 1. The Hall–Kier alpha value is -3.61. The lowest BCUT2D eigenvalue weighted by atomic mass is 10.0. The molecule has 168 valence electrons. The van der Waals surface area contributed by atoms with Crippen LogP contribution in [-0.4, -0.2) is 34.6 Å².